The molecule has 22 heavy (non-hydrogen) atoms. The molecule has 0 aliphatic heterocycles. The Morgan fingerprint density at radius 1 is 1.27 bits per heavy atom. The summed E-state index contributed by atoms with van der Waals surface area (Å²) in [5.41, 5.74) is 0.247. The number of amides is 1. The fourth-order valence-corrected chi connectivity index (χ4v) is 2.62. The van der Waals surface area contributed by atoms with Gasteiger partial charge in [0.1, 0.15) is 5.82 Å². The maximum Gasteiger partial charge on any atom is 0.237 e. The number of carbonyl (C=O) groups excluding carboxylic acids is 1. The average molecular weight is 330 g/mol. The molecule has 5 nitrogen and oxygen atoms in total. The van der Waals surface area contributed by atoms with Crippen molar-refractivity contribution in [2.24, 2.45) is 0 Å². The zero-order chi connectivity index (χ0) is 16.8. The summed E-state index contributed by atoms with van der Waals surface area (Å²) in [6.45, 7) is 2.15. The van der Waals surface area contributed by atoms with Gasteiger partial charge < -0.3 is 4.90 Å². The van der Waals surface area contributed by atoms with E-state index in [0.717, 1.165) is 23.4 Å². The Kier molecular flexibility index (Phi) is 6.96. The van der Waals surface area contributed by atoms with E-state index in [1.807, 2.05) is 6.92 Å². The molecule has 0 aromatic heterocycles. The predicted molar refractivity (Wildman–Crippen MR) is 84.2 cm³/mol. The second-order valence-electron chi connectivity index (χ2n) is 5.29. The molecule has 0 aliphatic rings. The van der Waals surface area contributed by atoms with Crippen molar-refractivity contribution in [1.29, 1.82) is 0 Å². The molecule has 124 valence electrons. The lowest BCUT2D eigenvalue weighted by Gasteiger charge is -2.23. The molecule has 0 spiro atoms. The van der Waals surface area contributed by atoms with Crippen LogP contribution in [-0.2, 0) is 21.4 Å². The molecule has 0 bridgehead atoms. The highest BCUT2D eigenvalue weighted by Crippen LogP contribution is 2.12. The van der Waals surface area contributed by atoms with Gasteiger partial charge in [-0.15, -0.1) is 0 Å². The summed E-state index contributed by atoms with van der Waals surface area (Å²) >= 11 is 0. The Labute approximate surface area is 131 Å². The Hall–Kier alpha value is -1.47. The van der Waals surface area contributed by atoms with Crippen LogP contribution in [0.1, 0.15) is 25.3 Å². The normalized spacial score (nSPS) is 11.7. The van der Waals surface area contributed by atoms with E-state index in [1.165, 1.54) is 23.1 Å². The molecule has 0 unspecified atom stereocenters. The number of rotatable bonds is 8. The predicted octanol–water partition coefficient (Wildman–Crippen LogP) is 1.85. The number of hydrogen-bond donors (Lipinski definition) is 0. The molecule has 0 saturated carbocycles. The molecule has 0 saturated heterocycles. The first kappa shape index (κ1) is 18.6. The van der Waals surface area contributed by atoms with E-state index < -0.39 is 15.8 Å². The molecule has 1 aromatic rings. The third-order valence-electron chi connectivity index (χ3n) is 3.36. The highest BCUT2D eigenvalue weighted by Gasteiger charge is 2.23. The molecule has 1 aromatic carbocycles. The van der Waals surface area contributed by atoms with Gasteiger partial charge in [0.25, 0.3) is 0 Å². The smallest absolute Gasteiger partial charge is 0.237 e. The van der Waals surface area contributed by atoms with Crippen LogP contribution in [0.5, 0.6) is 0 Å². The third-order valence-corrected chi connectivity index (χ3v) is 4.55. The van der Waals surface area contributed by atoms with Crippen LogP contribution in [0.3, 0.4) is 0 Å². The van der Waals surface area contributed by atoms with Crippen LogP contribution in [0.25, 0.3) is 0 Å². The first-order chi connectivity index (χ1) is 10.3. The van der Waals surface area contributed by atoms with Crippen LogP contribution >= 0.6 is 0 Å². The molecular formula is C15H23FN2O3S. The number of halogens is 1. The van der Waals surface area contributed by atoms with Gasteiger partial charge in [-0.1, -0.05) is 31.5 Å². The summed E-state index contributed by atoms with van der Waals surface area (Å²) < 4.78 is 38.4. The van der Waals surface area contributed by atoms with Crippen molar-refractivity contribution in [3.8, 4) is 0 Å². The minimum Gasteiger partial charge on any atom is -0.345 e. The van der Waals surface area contributed by atoms with E-state index in [2.05, 4.69) is 0 Å². The SMILES string of the molecule is CCCCN(C)C(=O)CN(Cc1ccccc1F)S(C)(=O)=O. The number of likely N-dealkylation sites (N-methyl/N-ethyl adjacent to an activating group) is 1. The van der Waals surface area contributed by atoms with Crippen molar-refractivity contribution in [2.45, 2.75) is 26.3 Å². The Morgan fingerprint density at radius 3 is 2.45 bits per heavy atom. The quantitative estimate of drug-likeness (QED) is 0.731. The number of benzene rings is 1. The van der Waals surface area contributed by atoms with Gasteiger partial charge in [-0.2, -0.15) is 4.31 Å². The van der Waals surface area contributed by atoms with Gasteiger partial charge in [0.15, 0.2) is 0 Å². The van der Waals surface area contributed by atoms with Crippen molar-refractivity contribution in [1.82, 2.24) is 9.21 Å². The number of carbonyl (C=O) groups is 1. The number of hydrogen-bond acceptors (Lipinski definition) is 3. The maximum atomic E-state index is 13.7. The molecular weight excluding hydrogens is 307 g/mol. The van der Waals surface area contributed by atoms with E-state index in [4.69, 9.17) is 0 Å². The van der Waals surface area contributed by atoms with Gasteiger partial charge in [-0.3, -0.25) is 4.79 Å². The largest absolute Gasteiger partial charge is 0.345 e. The fourth-order valence-electron chi connectivity index (χ4n) is 1.90. The van der Waals surface area contributed by atoms with Gasteiger partial charge in [0, 0.05) is 25.7 Å². The summed E-state index contributed by atoms with van der Waals surface area (Å²) in [5, 5.41) is 0. The molecule has 0 radical (unpaired) electrons. The second kappa shape index (κ2) is 8.24. The first-order valence-electron chi connectivity index (χ1n) is 7.18. The van der Waals surface area contributed by atoms with Crippen LogP contribution < -0.4 is 0 Å². The minimum absolute atomic E-state index is 0.154. The molecule has 1 rings (SSSR count). The zero-order valence-corrected chi connectivity index (χ0v) is 14.1. The molecule has 0 heterocycles. The van der Waals surface area contributed by atoms with Crippen molar-refractivity contribution >= 4 is 15.9 Å². The zero-order valence-electron chi connectivity index (χ0n) is 13.3. The van der Waals surface area contributed by atoms with E-state index in [0.29, 0.717) is 6.54 Å². The standard InChI is InChI=1S/C15H23FN2O3S/c1-4-5-10-17(2)15(19)12-18(22(3,20)21)11-13-8-6-7-9-14(13)16/h6-9H,4-5,10-12H2,1-3H3. The average Bonchev–Trinajstić information content (AvgIpc) is 2.45. The topological polar surface area (TPSA) is 57.7 Å². The van der Waals surface area contributed by atoms with Gasteiger partial charge in [0.05, 0.1) is 12.8 Å². The van der Waals surface area contributed by atoms with Crippen molar-refractivity contribution < 1.29 is 17.6 Å². The Balaban J connectivity index is 2.83. The lowest BCUT2D eigenvalue weighted by molar-refractivity contribution is -0.130. The van der Waals surface area contributed by atoms with Crippen molar-refractivity contribution in [2.75, 3.05) is 26.4 Å². The first-order valence-corrected chi connectivity index (χ1v) is 9.03. The third kappa shape index (κ3) is 5.73. The van der Waals surface area contributed by atoms with Crippen molar-refractivity contribution in [3.63, 3.8) is 0 Å². The van der Waals surface area contributed by atoms with Crippen LogP contribution in [0, 0.1) is 5.82 Å². The summed E-state index contributed by atoms with van der Waals surface area (Å²) in [6, 6.07) is 5.95. The molecule has 0 atom stereocenters. The van der Waals surface area contributed by atoms with Gasteiger partial charge in [-0.05, 0) is 12.5 Å². The highest BCUT2D eigenvalue weighted by atomic mass is 32.2. The molecule has 0 fully saturated rings. The van der Waals surface area contributed by atoms with Crippen LogP contribution in [-0.4, -0.2) is 49.9 Å². The maximum absolute atomic E-state index is 13.7. The lowest BCUT2D eigenvalue weighted by atomic mass is 10.2. The molecule has 0 aliphatic carbocycles. The van der Waals surface area contributed by atoms with Crippen LogP contribution in [0.4, 0.5) is 4.39 Å². The van der Waals surface area contributed by atoms with E-state index in [9.17, 15) is 17.6 Å². The van der Waals surface area contributed by atoms with Crippen molar-refractivity contribution in [3.05, 3.63) is 35.6 Å². The summed E-state index contributed by atoms with van der Waals surface area (Å²) in [6.07, 6.45) is 2.82. The fraction of sp³-hybridized carbons (Fsp3) is 0.533. The monoisotopic (exact) mass is 330 g/mol. The van der Waals surface area contributed by atoms with Gasteiger partial charge >= 0.3 is 0 Å². The lowest BCUT2D eigenvalue weighted by Crippen LogP contribution is -2.41. The van der Waals surface area contributed by atoms with E-state index in [-0.39, 0.29) is 24.6 Å². The molecule has 7 heteroatoms. The van der Waals surface area contributed by atoms with Gasteiger partial charge in [-0.25, -0.2) is 12.8 Å². The number of unbranched alkanes of at least 4 members (excludes halogenated alkanes) is 1. The summed E-state index contributed by atoms with van der Waals surface area (Å²) in [7, 11) is -1.97. The minimum atomic E-state index is -3.61. The second-order valence-corrected chi connectivity index (χ2v) is 7.27. The summed E-state index contributed by atoms with van der Waals surface area (Å²) in [4.78, 5) is 13.6. The van der Waals surface area contributed by atoms with Crippen LogP contribution in [0.15, 0.2) is 24.3 Å². The Morgan fingerprint density at radius 2 is 1.91 bits per heavy atom. The Bertz CT molecular complexity index is 605. The highest BCUT2D eigenvalue weighted by molar-refractivity contribution is 7.88. The summed E-state index contributed by atoms with van der Waals surface area (Å²) in [5.74, 6) is -0.779. The van der Waals surface area contributed by atoms with Crippen LogP contribution in [0.2, 0.25) is 0 Å². The molecule has 1 amide bonds. The van der Waals surface area contributed by atoms with E-state index >= 15 is 0 Å². The number of nitrogens with zero attached hydrogens (tertiary/aromatic N) is 2. The van der Waals surface area contributed by atoms with E-state index in [1.54, 1.807) is 13.1 Å². The van der Waals surface area contributed by atoms with Gasteiger partial charge in [0.2, 0.25) is 15.9 Å². The number of sulfonamides is 1. The molecule has 0 N–H and O–H groups in total.